The van der Waals surface area contributed by atoms with Gasteiger partial charge in [0.1, 0.15) is 5.82 Å². The number of piperazine rings is 1. The quantitative estimate of drug-likeness (QED) is 0.935. The minimum atomic E-state index is 0.792. The van der Waals surface area contributed by atoms with Crippen LogP contribution in [0.25, 0.3) is 0 Å². The normalized spacial score (nSPS) is 15.0. The van der Waals surface area contributed by atoms with Crippen molar-refractivity contribution in [2.45, 2.75) is 6.92 Å². The zero-order chi connectivity index (χ0) is 15.4. The first-order chi connectivity index (χ1) is 10.8. The van der Waals surface area contributed by atoms with E-state index in [0.717, 1.165) is 49.3 Å². The van der Waals surface area contributed by atoms with Crippen LogP contribution in [0.15, 0.2) is 42.6 Å². The molecule has 0 saturated carbocycles. The molecule has 0 bridgehead atoms. The predicted octanol–water partition coefficient (Wildman–Crippen LogP) is 3.49. The Morgan fingerprint density at radius 1 is 1.09 bits per heavy atom. The van der Waals surface area contributed by atoms with Gasteiger partial charge >= 0.3 is 0 Å². The number of halogens is 1. The summed E-state index contributed by atoms with van der Waals surface area (Å²) in [5.74, 6) is 1.05. The summed E-state index contributed by atoms with van der Waals surface area (Å²) in [4.78, 5) is 9.26. The second-order valence-corrected chi connectivity index (χ2v) is 5.83. The van der Waals surface area contributed by atoms with Crippen LogP contribution >= 0.6 is 11.6 Å². The molecule has 2 aromatic rings. The van der Waals surface area contributed by atoms with E-state index in [4.69, 9.17) is 11.6 Å². The molecule has 5 heteroatoms. The van der Waals surface area contributed by atoms with Gasteiger partial charge in [-0.25, -0.2) is 4.98 Å². The number of hydrogen-bond donors (Lipinski definition) is 1. The maximum Gasteiger partial charge on any atom is 0.128 e. The number of aromatic nitrogens is 1. The van der Waals surface area contributed by atoms with Crippen molar-refractivity contribution in [1.29, 1.82) is 0 Å². The molecule has 1 fully saturated rings. The second-order valence-electron chi connectivity index (χ2n) is 5.39. The highest BCUT2D eigenvalue weighted by Crippen LogP contribution is 2.22. The monoisotopic (exact) mass is 316 g/mol. The third-order valence-electron chi connectivity index (χ3n) is 3.91. The van der Waals surface area contributed by atoms with E-state index in [1.165, 1.54) is 5.69 Å². The predicted molar refractivity (Wildman–Crippen MR) is 94.3 cm³/mol. The van der Waals surface area contributed by atoms with Gasteiger partial charge in [-0.15, -0.1) is 0 Å². The van der Waals surface area contributed by atoms with E-state index in [2.05, 4.69) is 45.2 Å². The number of benzene rings is 1. The first kappa shape index (κ1) is 15.0. The molecule has 1 saturated heterocycles. The third-order valence-corrected chi connectivity index (χ3v) is 4.14. The molecule has 0 atom stereocenters. The molecule has 0 amide bonds. The molecule has 1 N–H and O–H groups in total. The topological polar surface area (TPSA) is 31.4 Å². The molecule has 0 radical (unpaired) electrons. The van der Waals surface area contributed by atoms with Crippen LogP contribution in [0, 0.1) is 0 Å². The lowest BCUT2D eigenvalue weighted by atomic mass is 10.2. The Morgan fingerprint density at radius 2 is 1.86 bits per heavy atom. The number of nitrogens with one attached hydrogen (secondary N) is 1. The largest absolute Gasteiger partial charge is 0.384 e. The summed E-state index contributed by atoms with van der Waals surface area (Å²) in [7, 11) is 0. The molecule has 3 rings (SSSR count). The molecule has 4 nitrogen and oxygen atoms in total. The van der Waals surface area contributed by atoms with Crippen molar-refractivity contribution >= 4 is 28.8 Å². The van der Waals surface area contributed by atoms with Crippen molar-refractivity contribution in [1.82, 2.24) is 4.98 Å². The summed E-state index contributed by atoms with van der Waals surface area (Å²) in [6.07, 6.45) is 1.90. The van der Waals surface area contributed by atoms with Crippen LogP contribution in [-0.2, 0) is 0 Å². The Balaban J connectivity index is 1.61. The number of anilines is 3. The molecule has 1 aromatic heterocycles. The molecule has 116 valence electrons. The van der Waals surface area contributed by atoms with Gasteiger partial charge in [0.05, 0.1) is 11.9 Å². The van der Waals surface area contributed by atoms with Gasteiger partial charge in [-0.1, -0.05) is 17.7 Å². The van der Waals surface area contributed by atoms with Crippen molar-refractivity contribution in [2.24, 2.45) is 0 Å². The van der Waals surface area contributed by atoms with Crippen LogP contribution in [0.3, 0.4) is 0 Å². The third kappa shape index (κ3) is 3.45. The van der Waals surface area contributed by atoms with E-state index < -0.39 is 0 Å². The van der Waals surface area contributed by atoms with E-state index in [9.17, 15) is 0 Å². The summed E-state index contributed by atoms with van der Waals surface area (Å²) in [6.45, 7) is 6.91. The maximum absolute atomic E-state index is 6.08. The standard InChI is InChI=1S/C17H21ClN4/c1-2-19-15-6-7-17(20-13-15)22-10-8-21(9-11-22)16-5-3-4-14(18)12-16/h3-7,12-13,19H,2,8-11H2,1H3. The van der Waals surface area contributed by atoms with Gasteiger partial charge in [-0.3, -0.25) is 0 Å². The maximum atomic E-state index is 6.08. The Labute approximate surface area is 136 Å². The van der Waals surface area contributed by atoms with Crippen LogP contribution in [0.5, 0.6) is 0 Å². The van der Waals surface area contributed by atoms with Crippen molar-refractivity contribution in [3.63, 3.8) is 0 Å². The summed E-state index contributed by atoms with van der Waals surface area (Å²) < 4.78 is 0. The molecular weight excluding hydrogens is 296 g/mol. The van der Waals surface area contributed by atoms with Gasteiger partial charge < -0.3 is 15.1 Å². The fourth-order valence-corrected chi connectivity index (χ4v) is 2.93. The molecule has 0 aliphatic carbocycles. The van der Waals surface area contributed by atoms with Gasteiger partial charge in [-0.05, 0) is 37.3 Å². The highest BCUT2D eigenvalue weighted by Gasteiger charge is 2.18. The summed E-state index contributed by atoms with van der Waals surface area (Å²) in [6, 6.07) is 12.2. The van der Waals surface area contributed by atoms with Crippen LogP contribution in [-0.4, -0.2) is 37.7 Å². The minimum absolute atomic E-state index is 0.792. The molecule has 1 aliphatic rings. The fraction of sp³-hybridized carbons (Fsp3) is 0.353. The Kier molecular flexibility index (Phi) is 4.68. The summed E-state index contributed by atoms with van der Waals surface area (Å²) in [5, 5.41) is 4.06. The van der Waals surface area contributed by atoms with Crippen LogP contribution in [0.4, 0.5) is 17.2 Å². The highest BCUT2D eigenvalue weighted by atomic mass is 35.5. The van der Waals surface area contributed by atoms with Crippen LogP contribution < -0.4 is 15.1 Å². The first-order valence-electron chi connectivity index (χ1n) is 7.71. The Hall–Kier alpha value is -1.94. The minimum Gasteiger partial charge on any atom is -0.384 e. The van der Waals surface area contributed by atoms with Gasteiger partial charge in [0, 0.05) is 43.4 Å². The SMILES string of the molecule is CCNc1ccc(N2CCN(c3cccc(Cl)c3)CC2)nc1. The Morgan fingerprint density at radius 3 is 2.50 bits per heavy atom. The zero-order valence-corrected chi connectivity index (χ0v) is 13.6. The fourth-order valence-electron chi connectivity index (χ4n) is 2.75. The summed E-state index contributed by atoms with van der Waals surface area (Å²) in [5.41, 5.74) is 2.27. The van der Waals surface area contributed by atoms with E-state index in [1.54, 1.807) is 0 Å². The molecule has 0 spiro atoms. The summed E-state index contributed by atoms with van der Waals surface area (Å²) >= 11 is 6.08. The number of hydrogen-bond acceptors (Lipinski definition) is 4. The zero-order valence-electron chi connectivity index (χ0n) is 12.8. The van der Waals surface area contributed by atoms with E-state index in [-0.39, 0.29) is 0 Å². The second kappa shape index (κ2) is 6.88. The van der Waals surface area contributed by atoms with Crippen LogP contribution in [0.1, 0.15) is 6.92 Å². The average Bonchev–Trinajstić information content (AvgIpc) is 2.56. The average molecular weight is 317 g/mol. The number of pyridine rings is 1. The van der Waals surface area contributed by atoms with Crippen molar-refractivity contribution < 1.29 is 0 Å². The van der Waals surface area contributed by atoms with Gasteiger partial charge in [0.2, 0.25) is 0 Å². The van der Waals surface area contributed by atoms with E-state index in [0.29, 0.717) is 0 Å². The molecule has 22 heavy (non-hydrogen) atoms. The lowest BCUT2D eigenvalue weighted by molar-refractivity contribution is 0.647. The van der Waals surface area contributed by atoms with Gasteiger partial charge in [0.15, 0.2) is 0 Å². The first-order valence-corrected chi connectivity index (χ1v) is 8.09. The lowest BCUT2D eigenvalue weighted by Gasteiger charge is -2.36. The lowest BCUT2D eigenvalue weighted by Crippen LogP contribution is -2.46. The molecule has 1 aliphatic heterocycles. The van der Waals surface area contributed by atoms with Gasteiger partial charge in [0.25, 0.3) is 0 Å². The molecule has 1 aromatic carbocycles. The highest BCUT2D eigenvalue weighted by molar-refractivity contribution is 6.30. The van der Waals surface area contributed by atoms with E-state index in [1.807, 2.05) is 24.4 Å². The smallest absolute Gasteiger partial charge is 0.128 e. The van der Waals surface area contributed by atoms with Gasteiger partial charge in [-0.2, -0.15) is 0 Å². The molecule has 0 unspecified atom stereocenters. The van der Waals surface area contributed by atoms with Crippen molar-refractivity contribution in [3.05, 3.63) is 47.6 Å². The van der Waals surface area contributed by atoms with Crippen LogP contribution in [0.2, 0.25) is 5.02 Å². The van der Waals surface area contributed by atoms with Crippen molar-refractivity contribution in [2.75, 3.05) is 47.8 Å². The molecule has 2 heterocycles. The number of nitrogens with zero attached hydrogens (tertiary/aromatic N) is 3. The van der Waals surface area contributed by atoms with E-state index >= 15 is 0 Å². The molecular formula is C17H21ClN4. The van der Waals surface area contributed by atoms with Crippen molar-refractivity contribution in [3.8, 4) is 0 Å². The Bertz CT molecular complexity index is 606. The number of rotatable bonds is 4.